The molecule has 1 fully saturated rings. The average Bonchev–Trinajstić information content (AvgIpc) is 2.74. The Bertz CT molecular complexity index is 717. The third kappa shape index (κ3) is 5.01. The molecule has 1 heterocycles. The van der Waals surface area contributed by atoms with Gasteiger partial charge in [-0.25, -0.2) is 0 Å². The summed E-state index contributed by atoms with van der Waals surface area (Å²) >= 11 is 0. The predicted molar refractivity (Wildman–Crippen MR) is 104 cm³/mol. The Hall–Kier alpha value is -2.53. The molecular formula is C22H27NO4. The first-order valence-electron chi connectivity index (χ1n) is 9.34. The second-order valence-electron chi connectivity index (χ2n) is 6.81. The maximum absolute atomic E-state index is 13.0. The summed E-state index contributed by atoms with van der Waals surface area (Å²) in [5.74, 6) is 1.97. The van der Waals surface area contributed by atoms with Crippen molar-refractivity contribution in [1.82, 2.24) is 4.90 Å². The molecule has 0 N–H and O–H groups in total. The van der Waals surface area contributed by atoms with E-state index in [9.17, 15) is 4.79 Å². The highest BCUT2D eigenvalue weighted by atomic mass is 16.5. The molecule has 2 aromatic carbocycles. The van der Waals surface area contributed by atoms with Crippen LogP contribution in [0.2, 0.25) is 0 Å². The molecule has 0 spiro atoms. The molecule has 144 valence electrons. The van der Waals surface area contributed by atoms with Gasteiger partial charge in [-0.15, -0.1) is 0 Å². The van der Waals surface area contributed by atoms with Gasteiger partial charge in [0.25, 0.3) is 5.91 Å². The van der Waals surface area contributed by atoms with E-state index in [0.29, 0.717) is 19.1 Å². The monoisotopic (exact) mass is 369 g/mol. The first kappa shape index (κ1) is 19.2. The molecule has 2 aromatic rings. The summed E-state index contributed by atoms with van der Waals surface area (Å²) in [4.78, 5) is 14.9. The summed E-state index contributed by atoms with van der Waals surface area (Å²) in [5.41, 5.74) is 0.839. The van der Waals surface area contributed by atoms with Crippen LogP contribution in [0.25, 0.3) is 0 Å². The minimum absolute atomic E-state index is 0.00655. The van der Waals surface area contributed by atoms with Crippen LogP contribution in [0.5, 0.6) is 11.5 Å². The second kappa shape index (κ2) is 9.42. The zero-order chi connectivity index (χ0) is 19.1. The number of benzene rings is 2. The van der Waals surface area contributed by atoms with Crippen LogP contribution in [0.4, 0.5) is 0 Å². The molecule has 0 saturated carbocycles. The lowest BCUT2D eigenvalue weighted by Crippen LogP contribution is -2.44. The average molecular weight is 369 g/mol. The highest BCUT2D eigenvalue weighted by Crippen LogP contribution is 2.26. The van der Waals surface area contributed by atoms with E-state index in [1.54, 1.807) is 14.2 Å². The molecule has 1 aliphatic heterocycles. The van der Waals surface area contributed by atoms with E-state index >= 15 is 0 Å². The van der Waals surface area contributed by atoms with E-state index in [4.69, 9.17) is 14.2 Å². The van der Waals surface area contributed by atoms with E-state index in [2.05, 4.69) is 0 Å². The Kier molecular flexibility index (Phi) is 6.71. The Labute approximate surface area is 160 Å². The highest BCUT2D eigenvalue weighted by molar-refractivity contribution is 5.82. The number of para-hydroxylation sites is 1. The summed E-state index contributed by atoms with van der Waals surface area (Å²) in [6.07, 6.45) is 1.45. The number of hydrogen-bond acceptors (Lipinski definition) is 4. The number of amides is 1. The van der Waals surface area contributed by atoms with Crippen LogP contribution in [0.3, 0.4) is 0 Å². The van der Waals surface area contributed by atoms with Crippen LogP contribution in [0.15, 0.2) is 54.6 Å². The Balaban J connectivity index is 1.60. The van der Waals surface area contributed by atoms with Crippen LogP contribution >= 0.6 is 0 Å². The standard InChI is InChI=1S/C22H27NO4/c1-25-19-12-10-18(11-13-19)21(26-2)22(24)23-14-6-7-17(15-23)16-27-20-8-4-3-5-9-20/h3-5,8-13,17,21H,6-7,14-16H2,1-2H3. The molecule has 0 bridgehead atoms. The van der Waals surface area contributed by atoms with Crippen molar-refractivity contribution in [2.24, 2.45) is 5.92 Å². The van der Waals surface area contributed by atoms with E-state index < -0.39 is 6.10 Å². The van der Waals surface area contributed by atoms with E-state index in [-0.39, 0.29) is 5.91 Å². The number of carbonyl (C=O) groups is 1. The molecule has 1 amide bonds. The molecule has 0 aromatic heterocycles. The molecule has 0 aliphatic carbocycles. The molecule has 1 saturated heterocycles. The molecule has 2 atom stereocenters. The highest BCUT2D eigenvalue weighted by Gasteiger charge is 2.30. The number of hydrogen-bond donors (Lipinski definition) is 0. The van der Waals surface area contributed by atoms with Gasteiger partial charge >= 0.3 is 0 Å². The first-order valence-corrected chi connectivity index (χ1v) is 9.34. The number of piperidine rings is 1. The van der Waals surface area contributed by atoms with E-state index in [1.165, 1.54) is 0 Å². The summed E-state index contributed by atoms with van der Waals surface area (Å²) in [7, 11) is 3.20. The van der Waals surface area contributed by atoms with Gasteiger partial charge in [0.1, 0.15) is 11.5 Å². The van der Waals surface area contributed by atoms with Gasteiger partial charge in [0.05, 0.1) is 13.7 Å². The topological polar surface area (TPSA) is 48.0 Å². The molecule has 0 radical (unpaired) electrons. The van der Waals surface area contributed by atoms with Crippen LogP contribution in [-0.4, -0.2) is 44.7 Å². The summed E-state index contributed by atoms with van der Waals surface area (Å²) < 4.78 is 16.6. The molecule has 5 nitrogen and oxygen atoms in total. The fourth-order valence-corrected chi connectivity index (χ4v) is 3.46. The Morgan fingerprint density at radius 2 is 1.81 bits per heavy atom. The van der Waals surface area contributed by atoms with E-state index in [0.717, 1.165) is 36.4 Å². The predicted octanol–water partition coefficient (Wildman–Crippen LogP) is 3.70. The first-order chi connectivity index (χ1) is 13.2. The lowest BCUT2D eigenvalue weighted by Gasteiger charge is -2.34. The number of carbonyl (C=O) groups excluding carboxylic acids is 1. The number of ether oxygens (including phenoxy) is 3. The van der Waals surface area contributed by atoms with Crippen molar-refractivity contribution in [3.05, 3.63) is 60.2 Å². The zero-order valence-corrected chi connectivity index (χ0v) is 16.0. The van der Waals surface area contributed by atoms with Gasteiger partial charge in [-0.3, -0.25) is 4.79 Å². The van der Waals surface area contributed by atoms with Crippen molar-refractivity contribution in [3.63, 3.8) is 0 Å². The second-order valence-corrected chi connectivity index (χ2v) is 6.81. The summed E-state index contributed by atoms with van der Waals surface area (Å²) in [6.45, 7) is 2.08. The summed E-state index contributed by atoms with van der Waals surface area (Å²) in [6, 6.07) is 17.3. The lowest BCUT2D eigenvalue weighted by molar-refractivity contribution is -0.144. The van der Waals surface area contributed by atoms with Crippen molar-refractivity contribution in [3.8, 4) is 11.5 Å². The van der Waals surface area contributed by atoms with Gasteiger partial charge in [0.2, 0.25) is 0 Å². The molecule has 27 heavy (non-hydrogen) atoms. The van der Waals surface area contributed by atoms with E-state index in [1.807, 2.05) is 59.5 Å². The van der Waals surface area contributed by atoms with Crippen molar-refractivity contribution in [1.29, 1.82) is 0 Å². The van der Waals surface area contributed by atoms with Crippen LogP contribution in [0, 0.1) is 5.92 Å². The van der Waals surface area contributed by atoms with Crippen molar-refractivity contribution < 1.29 is 19.0 Å². The van der Waals surface area contributed by atoms with Gasteiger partial charge < -0.3 is 19.1 Å². The lowest BCUT2D eigenvalue weighted by atomic mass is 9.97. The SMILES string of the molecule is COc1ccc(C(OC)C(=O)N2CCCC(COc3ccccc3)C2)cc1. The molecule has 5 heteroatoms. The Morgan fingerprint density at radius 3 is 2.48 bits per heavy atom. The normalized spacial score (nSPS) is 18.0. The van der Waals surface area contributed by atoms with Crippen molar-refractivity contribution in [2.75, 3.05) is 33.9 Å². The van der Waals surface area contributed by atoms with Crippen LogP contribution in [0.1, 0.15) is 24.5 Å². The van der Waals surface area contributed by atoms with Crippen LogP contribution in [-0.2, 0) is 9.53 Å². The molecule has 3 rings (SSSR count). The third-order valence-electron chi connectivity index (χ3n) is 4.94. The van der Waals surface area contributed by atoms with Gasteiger partial charge in [-0.05, 0) is 42.7 Å². The van der Waals surface area contributed by atoms with Gasteiger partial charge in [0, 0.05) is 26.1 Å². The number of likely N-dealkylation sites (tertiary alicyclic amines) is 1. The largest absolute Gasteiger partial charge is 0.497 e. The van der Waals surface area contributed by atoms with Gasteiger partial charge in [-0.1, -0.05) is 30.3 Å². The smallest absolute Gasteiger partial charge is 0.256 e. The van der Waals surface area contributed by atoms with Gasteiger partial charge in [-0.2, -0.15) is 0 Å². The Morgan fingerprint density at radius 1 is 1.07 bits per heavy atom. The van der Waals surface area contributed by atoms with Gasteiger partial charge in [0.15, 0.2) is 6.10 Å². The third-order valence-corrected chi connectivity index (χ3v) is 4.94. The molecular weight excluding hydrogens is 342 g/mol. The van der Waals surface area contributed by atoms with Crippen molar-refractivity contribution >= 4 is 5.91 Å². The fourth-order valence-electron chi connectivity index (χ4n) is 3.46. The fraction of sp³-hybridized carbons (Fsp3) is 0.409. The minimum Gasteiger partial charge on any atom is -0.497 e. The number of rotatable bonds is 7. The maximum Gasteiger partial charge on any atom is 0.256 e. The van der Waals surface area contributed by atoms with Crippen LogP contribution < -0.4 is 9.47 Å². The number of methoxy groups -OCH3 is 2. The molecule has 1 aliphatic rings. The quantitative estimate of drug-likeness (QED) is 0.747. The number of nitrogens with zero attached hydrogens (tertiary/aromatic N) is 1. The summed E-state index contributed by atoms with van der Waals surface area (Å²) in [5, 5.41) is 0. The minimum atomic E-state index is -0.593. The zero-order valence-electron chi connectivity index (χ0n) is 16.0. The molecule has 2 unspecified atom stereocenters. The van der Waals surface area contributed by atoms with Crippen molar-refractivity contribution in [2.45, 2.75) is 18.9 Å². The maximum atomic E-state index is 13.0.